The van der Waals surface area contributed by atoms with Crippen molar-refractivity contribution >= 4 is 0 Å². The van der Waals surface area contributed by atoms with Gasteiger partial charge in [-0.2, -0.15) is 0 Å². The van der Waals surface area contributed by atoms with Gasteiger partial charge >= 0.3 is 0 Å². The van der Waals surface area contributed by atoms with Crippen molar-refractivity contribution in [2.24, 2.45) is 11.7 Å². The molecule has 0 amide bonds. The van der Waals surface area contributed by atoms with Gasteiger partial charge in [0.15, 0.2) is 0 Å². The lowest BCUT2D eigenvalue weighted by molar-refractivity contribution is 0.0316. The second-order valence-electron chi connectivity index (χ2n) is 4.13. The molecule has 0 radical (unpaired) electrons. The maximum atomic E-state index is 9.87. The Kier molecular flexibility index (Phi) is 4.17. The summed E-state index contributed by atoms with van der Waals surface area (Å²) in [6.07, 6.45) is -0.414. The summed E-state index contributed by atoms with van der Waals surface area (Å²) in [5.41, 5.74) is 5.43. The van der Waals surface area contributed by atoms with E-state index in [-0.39, 0.29) is 17.5 Å². The molecule has 3 nitrogen and oxygen atoms in total. The van der Waals surface area contributed by atoms with Crippen LogP contribution >= 0.6 is 0 Å². The SMILES string of the molecule is CNC(C)(C)C(O)C(C)C(C)N. The lowest BCUT2D eigenvalue weighted by Crippen LogP contribution is -2.53. The maximum absolute atomic E-state index is 9.87. The average Bonchev–Trinajstić information content (AvgIpc) is 2.01. The smallest absolute Gasteiger partial charge is 0.0756 e. The zero-order valence-corrected chi connectivity index (χ0v) is 8.76. The molecule has 3 atom stereocenters. The number of nitrogens with one attached hydrogen (secondary N) is 1. The van der Waals surface area contributed by atoms with E-state index in [1.165, 1.54) is 0 Å². The van der Waals surface area contributed by atoms with Crippen LogP contribution < -0.4 is 11.1 Å². The first kappa shape index (κ1) is 11.9. The van der Waals surface area contributed by atoms with E-state index < -0.39 is 6.10 Å². The number of hydrogen-bond donors (Lipinski definition) is 3. The van der Waals surface area contributed by atoms with Crippen LogP contribution in [0.15, 0.2) is 0 Å². The summed E-state index contributed by atoms with van der Waals surface area (Å²) in [6, 6.07) is 0.0209. The summed E-state index contributed by atoms with van der Waals surface area (Å²) in [6.45, 7) is 7.82. The Bertz CT molecular complexity index is 134. The molecule has 0 saturated heterocycles. The summed E-state index contributed by atoms with van der Waals surface area (Å²) in [7, 11) is 1.84. The third kappa shape index (κ3) is 2.73. The minimum atomic E-state index is -0.414. The van der Waals surface area contributed by atoms with Crippen LogP contribution in [0.1, 0.15) is 27.7 Å². The van der Waals surface area contributed by atoms with Gasteiger partial charge in [0.1, 0.15) is 0 Å². The van der Waals surface area contributed by atoms with Gasteiger partial charge in [-0.1, -0.05) is 6.92 Å². The molecular formula is C9H22N2O. The van der Waals surface area contributed by atoms with E-state index in [9.17, 15) is 5.11 Å². The fourth-order valence-electron chi connectivity index (χ4n) is 1.09. The van der Waals surface area contributed by atoms with Gasteiger partial charge in [-0.15, -0.1) is 0 Å². The monoisotopic (exact) mass is 174 g/mol. The summed E-state index contributed by atoms with van der Waals surface area (Å²) in [5.74, 6) is 0.104. The third-order valence-corrected chi connectivity index (χ3v) is 2.71. The highest BCUT2D eigenvalue weighted by Gasteiger charge is 2.31. The number of nitrogens with two attached hydrogens (primary N) is 1. The molecular weight excluding hydrogens is 152 g/mol. The van der Waals surface area contributed by atoms with Gasteiger partial charge in [0, 0.05) is 11.6 Å². The highest BCUT2D eigenvalue weighted by atomic mass is 16.3. The molecule has 0 aliphatic carbocycles. The van der Waals surface area contributed by atoms with Crippen molar-refractivity contribution in [2.75, 3.05) is 7.05 Å². The minimum Gasteiger partial charge on any atom is -0.391 e. The quantitative estimate of drug-likeness (QED) is 0.575. The van der Waals surface area contributed by atoms with Crippen molar-refractivity contribution in [1.82, 2.24) is 5.32 Å². The molecule has 0 aromatic rings. The van der Waals surface area contributed by atoms with Gasteiger partial charge in [-0.3, -0.25) is 0 Å². The fraction of sp³-hybridized carbons (Fsp3) is 1.00. The van der Waals surface area contributed by atoms with E-state index in [0.29, 0.717) is 0 Å². The van der Waals surface area contributed by atoms with E-state index in [2.05, 4.69) is 5.32 Å². The second kappa shape index (κ2) is 4.21. The maximum Gasteiger partial charge on any atom is 0.0756 e. The summed E-state index contributed by atoms with van der Waals surface area (Å²) in [5, 5.41) is 12.9. The molecule has 0 rings (SSSR count). The van der Waals surface area contributed by atoms with E-state index in [1.54, 1.807) is 0 Å². The molecule has 0 aromatic heterocycles. The summed E-state index contributed by atoms with van der Waals surface area (Å²) < 4.78 is 0. The lowest BCUT2D eigenvalue weighted by atomic mass is 9.85. The lowest BCUT2D eigenvalue weighted by Gasteiger charge is -2.35. The number of hydrogen-bond acceptors (Lipinski definition) is 3. The van der Waals surface area contributed by atoms with Gasteiger partial charge in [0.2, 0.25) is 0 Å². The first-order chi connectivity index (χ1) is 5.33. The van der Waals surface area contributed by atoms with E-state index >= 15 is 0 Å². The molecule has 74 valence electrons. The Morgan fingerprint density at radius 1 is 1.33 bits per heavy atom. The molecule has 3 unspecified atom stereocenters. The Morgan fingerprint density at radius 3 is 2.00 bits per heavy atom. The molecule has 0 aliphatic rings. The first-order valence-corrected chi connectivity index (χ1v) is 4.45. The Hall–Kier alpha value is -0.120. The highest BCUT2D eigenvalue weighted by molar-refractivity contribution is 4.89. The standard InChI is InChI=1S/C9H22N2O/c1-6(7(2)10)8(12)9(3,4)11-5/h6-8,11-12H,10H2,1-5H3. The van der Waals surface area contributed by atoms with Crippen molar-refractivity contribution < 1.29 is 5.11 Å². The molecule has 0 bridgehead atoms. The van der Waals surface area contributed by atoms with E-state index in [1.807, 2.05) is 34.7 Å². The fourth-order valence-corrected chi connectivity index (χ4v) is 1.09. The van der Waals surface area contributed by atoms with Crippen LogP contribution in [0.5, 0.6) is 0 Å². The Labute approximate surface area is 75.3 Å². The van der Waals surface area contributed by atoms with Crippen LogP contribution in [0, 0.1) is 5.92 Å². The zero-order chi connectivity index (χ0) is 9.94. The van der Waals surface area contributed by atoms with E-state index in [0.717, 1.165) is 0 Å². The third-order valence-electron chi connectivity index (χ3n) is 2.71. The number of aliphatic hydroxyl groups excluding tert-OH is 1. The van der Waals surface area contributed by atoms with Gasteiger partial charge in [0.05, 0.1) is 6.10 Å². The van der Waals surface area contributed by atoms with Crippen LogP contribution in [0.25, 0.3) is 0 Å². The molecule has 0 spiro atoms. The average molecular weight is 174 g/mol. The molecule has 3 heteroatoms. The Morgan fingerprint density at radius 2 is 1.75 bits per heavy atom. The van der Waals surface area contributed by atoms with Gasteiger partial charge in [0.25, 0.3) is 0 Å². The summed E-state index contributed by atoms with van der Waals surface area (Å²) >= 11 is 0. The van der Waals surface area contributed by atoms with Crippen LogP contribution in [0.2, 0.25) is 0 Å². The normalized spacial score (nSPS) is 20.2. The molecule has 0 aromatic carbocycles. The highest BCUT2D eigenvalue weighted by Crippen LogP contribution is 2.18. The summed E-state index contributed by atoms with van der Waals surface area (Å²) in [4.78, 5) is 0. The molecule has 12 heavy (non-hydrogen) atoms. The van der Waals surface area contributed by atoms with Crippen LogP contribution in [-0.2, 0) is 0 Å². The number of aliphatic hydroxyl groups is 1. The molecule has 0 aliphatic heterocycles. The van der Waals surface area contributed by atoms with Crippen molar-refractivity contribution in [2.45, 2.75) is 45.4 Å². The number of rotatable bonds is 4. The topological polar surface area (TPSA) is 58.3 Å². The number of likely N-dealkylation sites (N-methyl/N-ethyl adjacent to an activating group) is 1. The predicted molar refractivity (Wildman–Crippen MR) is 52.0 cm³/mol. The Balaban J connectivity index is 4.27. The predicted octanol–water partition coefficient (Wildman–Crippen LogP) is 0.329. The van der Waals surface area contributed by atoms with Crippen molar-refractivity contribution in [3.63, 3.8) is 0 Å². The van der Waals surface area contributed by atoms with Crippen molar-refractivity contribution in [3.8, 4) is 0 Å². The van der Waals surface area contributed by atoms with Gasteiger partial charge in [-0.25, -0.2) is 0 Å². The zero-order valence-electron chi connectivity index (χ0n) is 8.76. The minimum absolute atomic E-state index is 0.0209. The molecule has 0 heterocycles. The molecule has 0 fully saturated rings. The second-order valence-corrected chi connectivity index (χ2v) is 4.13. The van der Waals surface area contributed by atoms with Crippen molar-refractivity contribution in [1.29, 1.82) is 0 Å². The largest absolute Gasteiger partial charge is 0.391 e. The van der Waals surface area contributed by atoms with Crippen molar-refractivity contribution in [3.05, 3.63) is 0 Å². The first-order valence-electron chi connectivity index (χ1n) is 4.45. The van der Waals surface area contributed by atoms with Gasteiger partial charge < -0.3 is 16.2 Å². The van der Waals surface area contributed by atoms with Crippen LogP contribution in [0.3, 0.4) is 0 Å². The molecule has 4 N–H and O–H groups in total. The van der Waals surface area contributed by atoms with Crippen LogP contribution in [-0.4, -0.2) is 29.8 Å². The van der Waals surface area contributed by atoms with E-state index in [4.69, 9.17) is 5.73 Å². The van der Waals surface area contributed by atoms with Crippen LogP contribution in [0.4, 0.5) is 0 Å². The molecule has 0 saturated carbocycles. The van der Waals surface area contributed by atoms with Gasteiger partial charge in [-0.05, 0) is 33.7 Å².